The number of hydrogen-bond acceptors (Lipinski definition) is 7. The summed E-state index contributed by atoms with van der Waals surface area (Å²) in [5.41, 5.74) is 5.52. The van der Waals surface area contributed by atoms with Crippen molar-refractivity contribution in [2.75, 3.05) is 12.3 Å². The van der Waals surface area contributed by atoms with E-state index in [1.165, 1.54) is 0 Å². The number of ether oxygens (including phenoxy) is 2. The molecule has 0 radical (unpaired) electrons. The van der Waals surface area contributed by atoms with E-state index in [0.29, 0.717) is 13.2 Å². The van der Waals surface area contributed by atoms with E-state index in [1.807, 2.05) is 24.4 Å². The van der Waals surface area contributed by atoms with Crippen molar-refractivity contribution in [1.29, 1.82) is 0 Å². The highest BCUT2D eigenvalue weighted by atomic mass is 32.1. The molecule has 0 amide bonds. The predicted octanol–water partition coefficient (Wildman–Crippen LogP) is 1.49. The molecule has 0 aliphatic rings. The average Bonchev–Trinajstić information content (AvgIpc) is 2.79. The van der Waals surface area contributed by atoms with Crippen molar-refractivity contribution in [2.45, 2.75) is 13.5 Å². The molecule has 0 fully saturated rings. The third-order valence-corrected chi connectivity index (χ3v) is 2.66. The third-order valence-electron chi connectivity index (χ3n) is 1.81. The van der Waals surface area contributed by atoms with Gasteiger partial charge in [-0.25, -0.2) is 0 Å². The van der Waals surface area contributed by atoms with Crippen LogP contribution in [0.25, 0.3) is 0 Å². The molecule has 7 heteroatoms. The van der Waals surface area contributed by atoms with Crippen LogP contribution in [-0.4, -0.2) is 21.6 Å². The van der Waals surface area contributed by atoms with Crippen LogP contribution in [0.2, 0.25) is 0 Å². The molecule has 0 unspecified atom stereocenters. The molecule has 6 nitrogen and oxygen atoms in total. The predicted molar refractivity (Wildman–Crippen MR) is 64.1 cm³/mol. The van der Waals surface area contributed by atoms with Crippen molar-refractivity contribution in [3.05, 3.63) is 22.4 Å². The van der Waals surface area contributed by atoms with E-state index in [1.54, 1.807) is 11.3 Å². The molecule has 2 N–H and O–H groups in total. The Labute approximate surface area is 102 Å². The monoisotopic (exact) mass is 252 g/mol. The fraction of sp³-hybridized carbons (Fsp3) is 0.300. The fourth-order valence-corrected chi connectivity index (χ4v) is 1.76. The normalized spacial score (nSPS) is 10.2. The zero-order valence-corrected chi connectivity index (χ0v) is 10.1. The molecule has 0 saturated heterocycles. The van der Waals surface area contributed by atoms with Crippen molar-refractivity contribution in [2.24, 2.45) is 0 Å². The maximum absolute atomic E-state index is 5.52. The van der Waals surface area contributed by atoms with E-state index < -0.39 is 0 Å². The summed E-state index contributed by atoms with van der Waals surface area (Å²) < 4.78 is 10.6. The van der Waals surface area contributed by atoms with Gasteiger partial charge in [-0.15, -0.1) is 16.3 Å². The molecule has 0 aromatic carbocycles. The molecule has 0 saturated carbocycles. The van der Waals surface area contributed by atoms with Crippen LogP contribution in [0.4, 0.5) is 5.95 Å². The summed E-state index contributed by atoms with van der Waals surface area (Å²) in [6.07, 6.45) is 0. The molecule has 0 aliphatic heterocycles. The number of nitrogens with zero attached hydrogens (tertiary/aromatic N) is 3. The van der Waals surface area contributed by atoms with Crippen LogP contribution >= 0.6 is 11.3 Å². The largest absolute Gasteiger partial charge is 0.464 e. The maximum atomic E-state index is 5.52. The third kappa shape index (κ3) is 3.28. The van der Waals surface area contributed by atoms with Crippen molar-refractivity contribution in [1.82, 2.24) is 15.0 Å². The Kier molecular flexibility index (Phi) is 3.71. The van der Waals surface area contributed by atoms with E-state index in [0.717, 1.165) is 4.88 Å². The average molecular weight is 252 g/mol. The zero-order valence-electron chi connectivity index (χ0n) is 9.29. The van der Waals surface area contributed by atoms with Crippen LogP contribution in [0.3, 0.4) is 0 Å². The van der Waals surface area contributed by atoms with Gasteiger partial charge in [-0.3, -0.25) is 0 Å². The Morgan fingerprint density at radius 1 is 1.24 bits per heavy atom. The number of anilines is 1. The van der Waals surface area contributed by atoms with Crippen LogP contribution in [0.1, 0.15) is 11.8 Å². The first-order valence-corrected chi connectivity index (χ1v) is 5.95. The molecule has 2 aromatic heterocycles. The maximum Gasteiger partial charge on any atom is 0.324 e. The molecular formula is C10H12N4O2S. The number of nitrogens with two attached hydrogens (primary N) is 1. The van der Waals surface area contributed by atoms with Gasteiger partial charge in [-0.05, 0) is 18.4 Å². The summed E-state index contributed by atoms with van der Waals surface area (Å²) in [6, 6.07) is 4.28. The first-order valence-electron chi connectivity index (χ1n) is 5.07. The number of rotatable bonds is 5. The number of thiophene rings is 1. The van der Waals surface area contributed by atoms with Crippen LogP contribution in [0, 0.1) is 0 Å². The lowest BCUT2D eigenvalue weighted by Crippen LogP contribution is -2.06. The molecule has 0 spiro atoms. The molecule has 0 bridgehead atoms. The van der Waals surface area contributed by atoms with Crippen LogP contribution in [0.15, 0.2) is 17.5 Å². The van der Waals surface area contributed by atoms with Gasteiger partial charge in [0, 0.05) is 4.88 Å². The number of aromatic nitrogens is 3. The molecule has 2 rings (SSSR count). The quantitative estimate of drug-likeness (QED) is 0.868. The summed E-state index contributed by atoms with van der Waals surface area (Å²) in [7, 11) is 0. The highest BCUT2D eigenvalue weighted by molar-refractivity contribution is 7.09. The molecule has 90 valence electrons. The van der Waals surface area contributed by atoms with Gasteiger partial charge in [0.15, 0.2) is 0 Å². The van der Waals surface area contributed by atoms with Gasteiger partial charge < -0.3 is 15.2 Å². The van der Waals surface area contributed by atoms with Crippen molar-refractivity contribution in [3.63, 3.8) is 0 Å². The first kappa shape index (κ1) is 11.6. The van der Waals surface area contributed by atoms with Gasteiger partial charge in [-0.1, -0.05) is 6.07 Å². The summed E-state index contributed by atoms with van der Waals surface area (Å²) >= 11 is 1.60. The SMILES string of the molecule is CCOc1nc(N)nc(OCc2cccs2)n1. The van der Waals surface area contributed by atoms with E-state index in [9.17, 15) is 0 Å². The molecule has 2 heterocycles. The van der Waals surface area contributed by atoms with Gasteiger partial charge >= 0.3 is 12.0 Å². The van der Waals surface area contributed by atoms with Crippen LogP contribution in [0.5, 0.6) is 12.0 Å². The summed E-state index contributed by atoms with van der Waals surface area (Å²) in [5.74, 6) is 0.0876. The molecule has 17 heavy (non-hydrogen) atoms. The van der Waals surface area contributed by atoms with Crippen LogP contribution in [-0.2, 0) is 6.61 Å². The van der Waals surface area contributed by atoms with Crippen LogP contribution < -0.4 is 15.2 Å². The highest BCUT2D eigenvalue weighted by Gasteiger charge is 2.06. The summed E-state index contributed by atoms with van der Waals surface area (Å²) in [4.78, 5) is 12.8. The Morgan fingerprint density at radius 2 is 2.00 bits per heavy atom. The lowest BCUT2D eigenvalue weighted by atomic mass is 10.5. The Hall–Kier alpha value is -1.89. The smallest absolute Gasteiger partial charge is 0.324 e. The molecule has 0 atom stereocenters. The molecule has 2 aromatic rings. The lowest BCUT2D eigenvalue weighted by molar-refractivity contribution is 0.264. The molecule has 0 aliphatic carbocycles. The second-order valence-electron chi connectivity index (χ2n) is 3.06. The van der Waals surface area contributed by atoms with Gasteiger partial charge in [0.1, 0.15) is 6.61 Å². The standard InChI is InChI=1S/C10H12N4O2S/c1-2-15-9-12-8(11)13-10(14-9)16-6-7-4-3-5-17-7/h3-5H,2,6H2,1H3,(H2,11,12,13,14). The van der Waals surface area contributed by atoms with Gasteiger partial charge in [0.25, 0.3) is 0 Å². The van der Waals surface area contributed by atoms with Crippen molar-refractivity contribution >= 4 is 17.3 Å². The number of hydrogen-bond donors (Lipinski definition) is 1. The van der Waals surface area contributed by atoms with Crippen molar-refractivity contribution in [3.8, 4) is 12.0 Å². The minimum absolute atomic E-state index is 0.0876. The van der Waals surface area contributed by atoms with E-state index in [4.69, 9.17) is 15.2 Å². The fourth-order valence-electron chi connectivity index (χ4n) is 1.14. The second kappa shape index (κ2) is 5.44. The highest BCUT2D eigenvalue weighted by Crippen LogP contribution is 2.14. The minimum atomic E-state index is 0.0876. The number of nitrogen functional groups attached to an aromatic ring is 1. The summed E-state index contributed by atoms with van der Waals surface area (Å²) in [5, 5.41) is 1.98. The Morgan fingerprint density at radius 3 is 2.65 bits per heavy atom. The van der Waals surface area contributed by atoms with E-state index in [-0.39, 0.29) is 18.0 Å². The zero-order chi connectivity index (χ0) is 12.1. The lowest BCUT2D eigenvalue weighted by Gasteiger charge is -2.05. The van der Waals surface area contributed by atoms with Gasteiger partial charge in [0.05, 0.1) is 6.61 Å². The minimum Gasteiger partial charge on any atom is -0.464 e. The first-order chi connectivity index (χ1) is 8.28. The second-order valence-corrected chi connectivity index (χ2v) is 4.09. The van der Waals surface area contributed by atoms with E-state index >= 15 is 0 Å². The topological polar surface area (TPSA) is 83.2 Å². The Bertz CT molecular complexity index is 475. The van der Waals surface area contributed by atoms with Gasteiger partial charge in [-0.2, -0.15) is 9.97 Å². The van der Waals surface area contributed by atoms with E-state index in [2.05, 4.69) is 15.0 Å². The summed E-state index contributed by atoms with van der Waals surface area (Å²) in [6.45, 7) is 2.71. The Balaban J connectivity index is 2.04. The van der Waals surface area contributed by atoms with Crippen molar-refractivity contribution < 1.29 is 9.47 Å². The molecular weight excluding hydrogens is 240 g/mol. The van der Waals surface area contributed by atoms with Gasteiger partial charge in [0.2, 0.25) is 5.95 Å².